The quantitative estimate of drug-likeness (QED) is 0.880. The third kappa shape index (κ3) is 3.24. The number of rotatable bonds is 2. The van der Waals surface area contributed by atoms with Crippen LogP contribution in [0, 0.1) is 5.92 Å². The first-order chi connectivity index (χ1) is 9.29. The smallest absolute Gasteiger partial charge is 0.325 e. The van der Waals surface area contributed by atoms with Gasteiger partial charge in [-0.15, -0.1) is 0 Å². The highest BCUT2D eigenvalue weighted by Gasteiger charge is 2.34. The van der Waals surface area contributed by atoms with E-state index in [1.165, 1.54) is 6.07 Å². The third-order valence-corrected chi connectivity index (χ3v) is 3.68. The minimum atomic E-state index is -4.54. The second-order valence-electron chi connectivity index (χ2n) is 4.88. The maximum atomic E-state index is 12.7. The second-order valence-corrected chi connectivity index (χ2v) is 5.29. The molecule has 1 fully saturated rings. The van der Waals surface area contributed by atoms with Gasteiger partial charge in [0.25, 0.3) is 0 Å². The fourth-order valence-corrected chi connectivity index (χ4v) is 2.45. The van der Waals surface area contributed by atoms with Gasteiger partial charge in [-0.1, -0.05) is 18.5 Å². The number of benzene rings is 1. The van der Waals surface area contributed by atoms with Crippen molar-refractivity contribution < 1.29 is 18.0 Å². The van der Waals surface area contributed by atoms with Gasteiger partial charge in [-0.25, -0.2) is 0 Å². The second kappa shape index (κ2) is 5.61. The number of amides is 1. The molecule has 0 bridgehead atoms. The van der Waals surface area contributed by atoms with Crippen LogP contribution in [0.15, 0.2) is 18.2 Å². The summed E-state index contributed by atoms with van der Waals surface area (Å²) >= 11 is 5.52. The number of carbonyl (C=O) groups excluding carboxylic acids is 1. The van der Waals surface area contributed by atoms with Gasteiger partial charge in [0.15, 0.2) is 0 Å². The zero-order valence-electron chi connectivity index (χ0n) is 10.7. The van der Waals surface area contributed by atoms with Crippen molar-refractivity contribution in [3.8, 4) is 0 Å². The van der Waals surface area contributed by atoms with Crippen molar-refractivity contribution >= 4 is 23.2 Å². The summed E-state index contributed by atoms with van der Waals surface area (Å²) in [6.45, 7) is 2.65. The van der Waals surface area contributed by atoms with E-state index in [0.29, 0.717) is 0 Å². The van der Waals surface area contributed by atoms with E-state index in [1.54, 1.807) is 0 Å². The summed E-state index contributed by atoms with van der Waals surface area (Å²) in [5.41, 5.74) is -0.864. The molecule has 1 aliphatic rings. The Kier molecular flexibility index (Phi) is 4.25. The summed E-state index contributed by atoms with van der Waals surface area (Å²) in [7, 11) is 0. The molecule has 1 heterocycles. The van der Waals surface area contributed by atoms with Crippen LogP contribution in [-0.4, -0.2) is 18.5 Å². The van der Waals surface area contributed by atoms with Crippen molar-refractivity contribution in [1.82, 2.24) is 5.32 Å². The van der Waals surface area contributed by atoms with Gasteiger partial charge < -0.3 is 10.6 Å². The largest absolute Gasteiger partial charge is 0.417 e. The first-order valence-electron chi connectivity index (χ1n) is 6.20. The van der Waals surface area contributed by atoms with Gasteiger partial charge >= 0.3 is 6.18 Å². The summed E-state index contributed by atoms with van der Waals surface area (Å²) in [5, 5.41) is 5.13. The van der Waals surface area contributed by atoms with Gasteiger partial charge in [0, 0.05) is 5.69 Å². The van der Waals surface area contributed by atoms with E-state index >= 15 is 0 Å². The van der Waals surface area contributed by atoms with E-state index in [4.69, 9.17) is 11.6 Å². The van der Waals surface area contributed by atoms with Crippen LogP contribution in [-0.2, 0) is 11.0 Å². The zero-order chi connectivity index (χ0) is 14.9. The molecular weight excluding hydrogens is 293 g/mol. The van der Waals surface area contributed by atoms with Crippen LogP contribution in [0.25, 0.3) is 0 Å². The lowest BCUT2D eigenvalue weighted by atomic mass is 10.0. The SMILES string of the molecule is CC1CCNC1C(=O)Nc1ccc(Cl)c(C(F)(F)F)c1. The molecule has 1 aliphatic heterocycles. The van der Waals surface area contributed by atoms with Crippen LogP contribution < -0.4 is 10.6 Å². The predicted octanol–water partition coefficient (Wildman–Crippen LogP) is 3.30. The molecule has 0 saturated carbocycles. The number of nitrogens with one attached hydrogen (secondary N) is 2. The molecule has 7 heteroatoms. The summed E-state index contributed by atoms with van der Waals surface area (Å²) < 4.78 is 38.2. The lowest BCUT2D eigenvalue weighted by molar-refractivity contribution is -0.137. The molecule has 2 N–H and O–H groups in total. The number of carbonyl (C=O) groups is 1. The summed E-state index contributed by atoms with van der Waals surface area (Å²) in [6, 6.07) is 2.96. The van der Waals surface area contributed by atoms with E-state index in [9.17, 15) is 18.0 Å². The van der Waals surface area contributed by atoms with E-state index in [0.717, 1.165) is 25.1 Å². The predicted molar refractivity (Wildman–Crippen MR) is 70.7 cm³/mol. The molecule has 0 aliphatic carbocycles. The highest BCUT2D eigenvalue weighted by molar-refractivity contribution is 6.31. The Labute approximate surface area is 119 Å². The van der Waals surface area contributed by atoms with Gasteiger partial charge in [0.05, 0.1) is 16.6 Å². The zero-order valence-corrected chi connectivity index (χ0v) is 11.5. The van der Waals surface area contributed by atoms with E-state index in [-0.39, 0.29) is 28.6 Å². The van der Waals surface area contributed by atoms with Crippen molar-refractivity contribution in [3.05, 3.63) is 28.8 Å². The fourth-order valence-electron chi connectivity index (χ4n) is 2.23. The topological polar surface area (TPSA) is 41.1 Å². The molecule has 1 amide bonds. The molecule has 0 aromatic heterocycles. The van der Waals surface area contributed by atoms with Crippen LogP contribution in [0.5, 0.6) is 0 Å². The number of alkyl halides is 3. The molecule has 2 unspecified atom stereocenters. The Morgan fingerprint density at radius 3 is 2.70 bits per heavy atom. The molecule has 110 valence electrons. The number of hydrogen-bond donors (Lipinski definition) is 2. The maximum Gasteiger partial charge on any atom is 0.417 e. The maximum absolute atomic E-state index is 12.7. The van der Waals surface area contributed by atoms with Gasteiger partial charge in [-0.2, -0.15) is 13.2 Å². The van der Waals surface area contributed by atoms with Gasteiger partial charge in [0.1, 0.15) is 0 Å². The van der Waals surface area contributed by atoms with Gasteiger partial charge in [-0.3, -0.25) is 4.79 Å². The molecule has 1 saturated heterocycles. The van der Waals surface area contributed by atoms with Crippen molar-refractivity contribution in [3.63, 3.8) is 0 Å². The van der Waals surface area contributed by atoms with E-state index in [1.807, 2.05) is 6.92 Å². The minimum absolute atomic E-state index is 0.0904. The summed E-state index contributed by atoms with van der Waals surface area (Å²) in [4.78, 5) is 12.0. The Morgan fingerprint density at radius 2 is 2.15 bits per heavy atom. The van der Waals surface area contributed by atoms with Crippen LogP contribution in [0.3, 0.4) is 0 Å². The minimum Gasteiger partial charge on any atom is -0.325 e. The van der Waals surface area contributed by atoms with Crippen LogP contribution in [0.1, 0.15) is 18.9 Å². The Hall–Kier alpha value is -1.27. The Balaban J connectivity index is 2.16. The standard InChI is InChI=1S/C13H14ClF3N2O/c1-7-4-5-18-11(7)12(20)19-8-2-3-10(14)9(6-8)13(15,16)17/h2-3,6-7,11,18H,4-5H2,1H3,(H,19,20). The van der Waals surface area contributed by atoms with Crippen molar-refractivity contribution in [1.29, 1.82) is 0 Å². The number of halogens is 4. The van der Waals surface area contributed by atoms with Crippen LogP contribution in [0.2, 0.25) is 5.02 Å². The Morgan fingerprint density at radius 1 is 1.45 bits per heavy atom. The Bertz CT molecular complexity index is 519. The van der Waals surface area contributed by atoms with E-state index < -0.39 is 11.7 Å². The monoisotopic (exact) mass is 306 g/mol. The summed E-state index contributed by atoms with van der Waals surface area (Å²) in [6.07, 6.45) is -3.68. The highest BCUT2D eigenvalue weighted by Crippen LogP contribution is 2.36. The van der Waals surface area contributed by atoms with Gasteiger partial charge in [0.2, 0.25) is 5.91 Å². The molecular formula is C13H14ClF3N2O. The van der Waals surface area contributed by atoms with Crippen molar-refractivity contribution in [2.45, 2.75) is 25.6 Å². The molecule has 1 aromatic rings. The van der Waals surface area contributed by atoms with Gasteiger partial charge in [-0.05, 0) is 37.1 Å². The normalized spacial score (nSPS) is 22.9. The van der Waals surface area contributed by atoms with Crippen LogP contribution >= 0.6 is 11.6 Å². The molecule has 2 rings (SSSR count). The average Bonchev–Trinajstić information content (AvgIpc) is 2.76. The molecule has 20 heavy (non-hydrogen) atoms. The number of hydrogen-bond acceptors (Lipinski definition) is 2. The molecule has 0 spiro atoms. The fraction of sp³-hybridized carbons (Fsp3) is 0.462. The van der Waals surface area contributed by atoms with Crippen LogP contribution in [0.4, 0.5) is 18.9 Å². The summed E-state index contributed by atoms with van der Waals surface area (Å²) in [5.74, 6) is -0.171. The molecule has 0 radical (unpaired) electrons. The molecule has 1 aromatic carbocycles. The lowest BCUT2D eigenvalue weighted by Gasteiger charge is -2.16. The first-order valence-corrected chi connectivity index (χ1v) is 6.58. The molecule has 3 nitrogen and oxygen atoms in total. The highest BCUT2D eigenvalue weighted by atomic mass is 35.5. The molecule has 2 atom stereocenters. The van der Waals surface area contributed by atoms with Crippen molar-refractivity contribution in [2.75, 3.05) is 11.9 Å². The first kappa shape index (κ1) is 15.1. The lowest BCUT2D eigenvalue weighted by Crippen LogP contribution is -2.39. The number of anilines is 1. The van der Waals surface area contributed by atoms with E-state index in [2.05, 4.69) is 10.6 Å². The average molecular weight is 307 g/mol. The third-order valence-electron chi connectivity index (χ3n) is 3.35. The van der Waals surface area contributed by atoms with Crippen molar-refractivity contribution in [2.24, 2.45) is 5.92 Å².